The van der Waals surface area contributed by atoms with Crippen LogP contribution in [0.1, 0.15) is 25.2 Å². The number of halogens is 2. The average Bonchev–Trinajstić information content (AvgIpc) is 3.21. The SMILES string of the molecule is CCNC(=NCC(C)(O)c1ccco1)NCCNC(=O)Cc1ccc(F)cc1.I. The van der Waals surface area contributed by atoms with E-state index in [1.807, 2.05) is 6.92 Å². The van der Waals surface area contributed by atoms with E-state index in [4.69, 9.17) is 4.42 Å². The standard InChI is InChI=1S/C20H27FN4O3.HI/c1-3-22-19(25-14-20(2,27)17-5-4-12-28-17)24-11-10-23-18(26)13-15-6-8-16(21)9-7-15;/h4-9,12,27H,3,10-11,13-14H2,1-2H3,(H,23,26)(H2,22,24,25);1H. The number of carbonyl (C=O) groups excluding carboxylic acids is 1. The maximum Gasteiger partial charge on any atom is 0.224 e. The third-order valence-corrected chi connectivity index (χ3v) is 3.96. The molecule has 0 spiro atoms. The maximum atomic E-state index is 12.9. The predicted molar refractivity (Wildman–Crippen MR) is 121 cm³/mol. The molecule has 7 nitrogen and oxygen atoms in total. The molecule has 9 heteroatoms. The number of carbonyl (C=O) groups is 1. The zero-order valence-corrected chi connectivity index (χ0v) is 18.9. The molecule has 0 saturated carbocycles. The van der Waals surface area contributed by atoms with Gasteiger partial charge in [0.2, 0.25) is 5.91 Å². The average molecular weight is 518 g/mol. The van der Waals surface area contributed by atoms with Gasteiger partial charge in [0.1, 0.15) is 17.2 Å². The molecule has 1 heterocycles. The quantitative estimate of drug-likeness (QED) is 0.177. The maximum absolute atomic E-state index is 12.9. The summed E-state index contributed by atoms with van der Waals surface area (Å²) in [6.45, 7) is 5.21. The molecule has 2 aromatic rings. The molecule has 0 aliphatic carbocycles. The van der Waals surface area contributed by atoms with Crippen LogP contribution in [0, 0.1) is 5.82 Å². The summed E-state index contributed by atoms with van der Waals surface area (Å²) < 4.78 is 18.1. The number of nitrogens with one attached hydrogen (secondary N) is 3. The lowest BCUT2D eigenvalue weighted by Crippen LogP contribution is -2.42. The van der Waals surface area contributed by atoms with Crippen molar-refractivity contribution in [2.45, 2.75) is 25.9 Å². The summed E-state index contributed by atoms with van der Waals surface area (Å²) in [5.41, 5.74) is -0.461. The molecule has 1 amide bonds. The first kappa shape index (κ1) is 24.9. The first-order valence-corrected chi connectivity index (χ1v) is 9.20. The molecule has 4 N–H and O–H groups in total. The van der Waals surface area contributed by atoms with Crippen LogP contribution in [-0.2, 0) is 16.8 Å². The van der Waals surface area contributed by atoms with Gasteiger partial charge in [-0.2, -0.15) is 0 Å². The van der Waals surface area contributed by atoms with Gasteiger partial charge >= 0.3 is 0 Å². The zero-order chi connectivity index (χ0) is 20.4. The Balaban J connectivity index is 0.00000420. The molecular formula is C20H28FIN4O3. The van der Waals surface area contributed by atoms with Crippen molar-refractivity contribution in [2.24, 2.45) is 4.99 Å². The minimum absolute atomic E-state index is 0. The molecular weight excluding hydrogens is 490 g/mol. The van der Waals surface area contributed by atoms with E-state index in [1.54, 1.807) is 31.2 Å². The van der Waals surface area contributed by atoms with Crippen LogP contribution in [-0.4, -0.2) is 43.2 Å². The van der Waals surface area contributed by atoms with Gasteiger partial charge in [-0.05, 0) is 43.7 Å². The highest BCUT2D eigenvalue weighted by Gasteiger charge is 2.26. The monoisotopic (exact) mass is 518 g/mol. The molecule has 29 heavy (non-hydrogen) atoms. The van der Waals surface area contributed by atoms with E-state index in [9.17, 15) is 14.3 Å². The number of guanidine groups is 1. The Hall–Kier alpha value is -2.14. The number of amides is 1. The van der Waals surface area contributed by atoms with Crippen LogP contribution < -0.4 is 16.0 Å². The molecule has 1 aromatic heterocycles. The van der Waals surface area contributed by atoms with Crippen molar-refractivity contribution in [3.05, 3.63) is 59.8 Å². The van der Waals surface area contributed by atoms with Gasteiger partial charge in [-0.15, -0.1) is 24.0 Å². The second kappa shape index (κ2) is 12.4. The first-order valence-electron chi connectivity index (χ1n) is 9.20. The predicted octanol–water partition coefficient (Wildman–Crippen LogP) is 2.16. The summed E-state index contributed by atoms with van der Waals surface area (Å²) >= 11 is 0. The normalized spacial score (nSPS) is 13.2. The molecule has 0 radical (unpaired) electrons. The van der Waals surface area contributed by atoms with Gasteiger partial charge in [0.25, 0.3) is 0 Å². The van der Waals surface area contributed by atoms with E-state index < -0.39 is 5.60 Å². The lowest BCUT2D eigenvalue weighted by molar-refractivity contribution is -0.120. The fourth-order valence-electron chi connectivity index (χ4n) is 2.47. The molecule has 1 atom stereocenters. The van der Waals surface area contributed by atoms with Crippen molar-refractivity contribution in [1.29, 1.82) is 0 Å². The van der Waals surface area contributed by atoms with E-state index in [0.29, 0.717) is 31.4 Å². The molecule has 1 unspecified atom stereocenters. The molecule has 0 aliphatic rings. The molecule has 2 rings (SSSR count). The zero-order valence-electron chi connectivity index (χ0n) is 16.6. The van der Waals surface area contributed by atoms with E-state index >= 15 is 0 Å². The van der Waals surface area contributed by atoms with E-state index in [0.717, 1.165) is 5.56 Å². The minimum atomic E-state index is -1.21. The van der Waals surface area contributed by atoms with Gasteiger partial charge in [0.15, 0.2) is 5.96 Å². The van der Waals surface area contributed by atoms with E-state index in [-0.39, 0.29) is 48.7 Å². The van der Waals surface area contributed by atoms with Crippen molar-refractivity contribution in [2.75, 3.05) is 26.2 Å². The molecule has 0 saturated heterocycles. The highest BCUT2D eigenvalue weighted by Crippen LogP contribution is 2.20. The summed E-state index contributed by atoms with van der Waals surface area (Å²) in [6, 6.07) is 9.27. The van der Waals surface area contributed by atoms with Crippen LogP contribution in [0.2, 0.25) is 0 Å². The second-order valence-electron chi connectivity index (χ2n) is 6.53. The number of furan rings is 1. The highest BCUT2D eigenvalue weighted by molar-refractivity contribution is 14.0. The Morgan fingerprint density at radius 1 is 1.17 bits per heavy atom. The number of aliphatic imine (C=N–C) groups is 1. The molecule has 0 fully saturated rings. The second-order valence-corrected chi connectivity index (χ2v) is 6.53. The smallest absolute Gasteiger partial charge is 0.224 e. The lowest BCUT2D eigenvalue weighted by atomic mass is 10.0. The van der Waals surface area contributed by atoms with Crippen molar-refractivity contribution < 1.29 is 18.7 Å². The first-order chi connectivity index (χ1) is 13.4. The summed E-state index contributed by atoms with van der Waals surface area (Å²) in [7, 11) is 0. The van der Waals surface area contributed by atoms with Gasteiger partial charge < -0.3 is 25.5 Å². The van der Waals surface area contributed by atoms with Crippen molar-refractivity contribution >= 4 is 35.8 Å². The summed E-state index contributed by atoms with van der Waals surface area (Å²) in [5, 5.41) is 19.4. The summed E-state index contributed by atoms with van der Waals surface area (Å²) in [5.74, 6) is 0.507. The summed E-state index contributed by atoms with van der Waals surface area (Å²) in [4.78, 5) is 16.3. The van der Waals surface area contributed by atoms with Crippen LogP contribution in [0.25, 0.3) is 0 Å². The van der Waals surface area contributed by atoms with Gasteiger partial charge in [0.05, 0.1) is 19.2 Å². The number of aliphatic hydroxyl groups is 1. The Morgan fingerprint density at radius 3 is 2.48 bits per heavy atom. The Labute approximate surface area is 187 Å². The van der Waals surface area contributed by atoms with Crippen LogP contribution in [0.4, 0.5) is 4.39 Å². The number of hydrogen-bond acceptors (Lipinski definition) is 4. The lowest BCUT2D eigenvalue weighted by Gasteiger charge is -2.19. The molecule has 1 aromatic carbocycles. The largest absolute Gasteiger partial charge is 0.466 e. The molecule has 0 bridgehead atoms. The van der Waals surface area contributed by atoms with Gasteiger partial charge in [-0.1, -0.05) is 12.1 Å². The third kappa shape index (κ3) is 8.82. The van der Waals surface area contributed by atoms with Crippen molar-refractivity contribution in [1.82, 2.24) is 16.0 Å². The molecule has 0 aliphatic heterocycles. The van der Waals surface area contributed by atoms with Gasteiger partial charge in [0, 0.05) is 19.6 Å². The molecule has 160 valence electrons. The highest BCUT2D eigenvalue weighted by atomic mass is 127. The topological polar surface area (TPSA) is 98.9 Å². The van der Waals surface area contributed by atoms with Crippen LogP contribution in [0.15, 0.2) is 52.1 Å². The fourth-order valence-corrected chi connectivity index (χ4v) is 2.47. The van der Waals surface area contributed by atoms with Crippen LogP contribution in [0.5, 0.6) is 0 Å². The van der Waals surface area contributed by atoms with E-state index in [1.165, 1.54) is 18.4 Å². The van der Waals surface area contributed by atoms with Gasteiger partial charge in [-0.25, -0.2) is 9.38 Å². The Kier molecular flexibility index (Phi) is 10.7. The van der Waals surface area contributed by atoms with Crippen LogP contribution >= 0.6 is 24.0 Å². The Bertz CT molecular complexity index is 765. The van der Waals surface area contributed by atoms with Gasteiger partial charge in [-0.3, -0.25) is 4.79 Å². The van der Waals surface area contributed by atoms with Crippen molar-refractivity contribution in [3.63, 3.8) is 0 Å². The number of benzene rings is 1. The fraction of sp³-hybridized carbons (Fsp3) is 0.400. The number of nitrogens with zero attached hydrogens (tertiary/aromatic N) is 1. The van der Waals surface area contributed by atoms with Crippen LogP contribution in [0.3, 0.4) is 0 Å². The third-order valence-electron chi connectivity index (χ3n) is 3.96. The number of rotatable bonds is 9. The number of hydrogen-bond donors (Lipinski definition) is 4. The van der Waals surface area contributed by atoms with E-state index in [2.05, 4.69) is 20.9 Å². The Morgan fingerprint density at radius 2 is 1.86 bits per heavy atom. The minimum Gasteiger partial charge on any atom is -0.466 e. The van der Waals surface area contributed by atoms with Crippen molar-refractivity contribution in [3.8, 4) is 0 Å². The summed E-state index contributed by atoms with van der Waals surface area (Å²) in [6.07, 6.45) is 1.70.